The lowest BCUT2D eigenvalue weighted by atomic mass is 9.98. The van der Waals surface area contributed by atoms with Crippen LogP contribution in [-0.2, 0) is 11.2 Å². The molecule has 1 aromatic rings. The van der Waals surface area contributed by atoms with E-state index in [0.29, 0.717) is 12.8 Å². The molecule has 0 bridgehead atoms. The van der Waals surface area contributed by atoms with Gasteiger partial charge in [-0.25, -0.2) is 0 Å². The summed E-state index contributed by atoms with van der Waals surface area (Å²) in [5.74, 6) is -0.222. The van der Waals surface area contributed by atoms with Crippen molar-refractivity contribution in [3.8, 4) is 0 Å². The Kier molecular flexibility index (Phi) is 5.31. The largest absolute Gasteiger partial charge is 0.394 e. The molecule has 2 atom stereocenters. The van der Waals surface area contributed by atoms with Crippen molar-refractivity contribution in [1.29, 1.82) is 0 Å². The highest BCUT2D eigenvalue weighted by atomic mass is 16.3. The third-order valence-electron chi connectivity index (χ3n) is 3.13. The van der Waals surface area contributed by atoms with Crippen molar-refractivity contribution in [2.24, 2.45) is 5.73 Å². The maximum atomic E-state index is 11.9. The number of carbonyl (C=O) groups is 1. The predicted octanol–water partition coefficient (Wildman–Crippen LogP) is 0.834. The van der Waals surface area contributed by atoms with E-state index >= 15 is 0 Å². The maximum absolute atomic E-state index is 11.9. The Bertz CT molecular complexity index is 377. The SMILES string of the molecule is CCC(C)(N)C(=O)N[C@@H](CO)Cc1ccccc1. The van der Waals surface area contributed by atoms with E-state index < -0.39 is 5.54 Å². The van der Waals surface area contributed by atoms with Gasteiger partial charge in [0, 0.05) is 0 Å². The van der Waals surface area contributed by atoms with Crippen molar-refractivity contribution >= 4 is 5.91 Å². The first-order chi connectivity index (χ1) is 8.49. The van der Waals surface area contributed by atoms with Crippen molar-refractivity contribution < 1.29 is 9.90 Å². The minimum absolute atomic E-state index is 0.0968. The van der Waals surface area contributed by atoms with Crippen LogP contribution < -0.4 is 11.1 Å². The van der Waals surface area contributed by atoms with E-state index in [4.69, 9.17) is 5.73 Å². The lowest BCUT2D eigenvalue weighted by Gasteiger charge is -2.25. The molecule has 1 aromatic carbocycles. The molecule has 0 heterocycles. The Balaban J connectivity index is 2.60. The van der Waals surface area contributed by atoms with Gasteiger partial charge in [0.05, 0.1) is 18.2 Å². The fourth-order valence-electron chi connectivity index (χ4n) is 1.57. The standard InChI is InChI=1S/C14H22N2O2/c1-3-14(2,15)13(18)16-12(10-17)9-11-7-5-4-6-8-11/h4-8,12,17H,3,9-10,15H2,1-2H3,(H,16,18)/t12-,14?/m1/s1. The monoisotopic (exact) mass is 250 g/mol. The van der Waals surface area contributed by atoms with Crippen LogP contribution in [0.2, 0.25) is 0 Å². The van der Waals surface area contributed by atoms with Crippen LogP contribution >= 0.6 is 0 Å². The van der Waals surface area contributed by atoms with Gasteiger partial charge in [0.1, 0.15) is 0 Å². The molecule has 0 aliphatic carbocycles. The summed E-state index contributed by atoms with van der Waals surface area (Å²) in [6.07, 6.45) is 1.16. The number of amides is 1. The Morgan fingerprint density at radius 2 is 2.06 bits per heavy atom. The number of aliphatic hydroxyl groups excluding tert-OH is 1. The second-order valence-electron chi connectivity index (χ2n) is 4.81. The molecule has 1 rings (SSSR count). The van der Waals surface area contributed by atoms with Gasteiger partial charge in [0.15, 0.2) is 0 Å². The highest BCUT2D eigenvalue weighted by Gasteiger charge is 2.27. The maximum Gasteiger partial charge on any atom is 0.240 e. The van der Waals surface area contributed by atoms with Gasteiger partial charge in [-0.3, -0.25) is 4.79 Å². The summed E-state index contributed by atoms with van der Waals surface area (Å²) in [5.41, 5.74) is 6.05. The van der Waals surface area contributed by atoms with Crippen molar-refractivity contribution in [2.45, 2.75) is 38.3 Å². The van der Waals surface area contributed by atoms with Crippen LogP contribution in [0.15, 0.2) is 30.3 Å². The molecular weight excluding hydrogens is 228 g/mol. The average Bonchev–Trinajstić information content (AvgIpc) is 2.38. The zero-order chi connectivity index (χ0) is 13.6. The number of nitrogens with one attached hydrogen (secondary N) is 1. The van der Waals surface area contributed by atoms with Gasteiger partial charge in [-0.1, -0.05) is 37.3 Å². The first kappa shape index (κ1) is 14.7. The molecule has 0 fully saturated rings. The fourth-order valence-corrected chi connectivity index (χ4v) is 1.57. The van der Waals surface area contributed by atoms with E-state index in [1.807, 2.05) is 37.3 Å². The molecule has 1 amide bonds. The zero-order valence-electron chi connectivity index (χ0n) is 11.0. The number of nitrogens with two attached hydrogens (primary N) is 1. The van der Waals surface area contributed by atoms with Crippen LogP contribution in [-0.4, -0.2) is 29.2 Å². The van der Waals surface area contributed by atoms with Crippen molar-refractivity contribution in [1.82, 2.24) is 5.32 Å². The molecule has 0 saturated carbocycles. The molecule has 0 spiro atoms. The van der Waals surface area contributed by atoms with Gasteiger partial charge in [-0.15, -0.1) is 0 Å². The molecule has 0 radical (unpaired) electrons. The lowest BCUT2D eigenvalue weighted by molar-refractivity contribution is -0.126. The normalized spacial score (nSPS) is 15.8. The average molecular weight is 250 g/mol. The van der Waals surface area contributed by atoms with E-state index in [-0.39, 0.29) is 18.6 Å². The molecule has 1 unspecified atom stereocenters. The molecular formula is C14H22N2O2. The van der Waals surface area contributed by atoms with Crippen LogP contribution in [0.4, 0.5) is 0 Å². The minimum Gasteiger partial charge on any atom is -0.394 e. The number of rotatable bonds is 6. The highest BCUT2D eigenvalue weighted by molar-refractivity contribution is 5.85. The summed E-state index contributed by atoms with van der Waals surface area (Å²) in [6.45, 7) is 3.46. The molecule has 0 aliphatic heterocycles. The predicted molar refractivity (Wildman–Crippen MR) is 72.0 cm³/mol. The summed E-state index contributed by atoms with van der Waals surface area (Å²) < 4.78 is 0. The van der Waals surface area contributed by atoms with Crippen LogP contribution in [0, 0.1) is 0 Å². The van der Waals surface area contributed by atoms with Crippen LogP contribution in [0.25, 0.3) is 0 Å². The number of aliphatic hydroxyl groups is 1. The molecule has 0 aliphatic rings. The smallest absolute Gasteiger partial charge is 0.240 e. The van der Waals surface area contributed by atoms with Gasteiger partial charge in [-0.05, 0) is 25.3 Å². The van der Waals surface area contributed by atoms with Gasteiger partial charge >= 0.3 is 0 Å². The summed E-state index contributed by atoms with van der Waals surface area (Å²) in [6, 6.07) is 9.45. The molecule has 18 heavy (non-hydrogen) atoms. The Labute approximate surface area is 108 Å². The van der Waals surface area contributed by atoms with Gasteiger partial charge in [0.2, 0.25) is 5.91 Å². The number of carbonyl (C=O) groups excluding carboxylic acids is 1. The quantitative estimate of drug-likeness (QED) is 0.700. The fraction of sp³-hybridized carbons (Fsp3) is 0.500. The van der Waals surface area contributed by atoms with Crippen LogP contribution in [0.1, 0.15) is 25.8 Å². The molecule has 4 nitrogen and oxygen atoms in total. The van der Waals surface area contributed by atoms with Gasteiger partial charge in [0.25, 0.3) is 0 Å². The highest BCUT2D eigenvalue weighted by Crippen LogP contribution is 2.07. The van der Waals surface area contributed by atoms with Crippen LogP contribution in [0.5, 0.6) is 0 Å². The van der Waals surface area contributed by atoms with Crippen molar-refractivity contribution in [2.75, 3.05) is 6.61 Å². The minimum atomic E-state index is -0.885. The first-order valence-electron chi connectivity index (χ1n) is 6.24. The molecule has 4 N–H and O–H groups in total. The number of hydrogen-bond acceptors (Lipinski definition) is 3. The molecule has 0 aromatic heterocycles. The van der Waals surface area contributed by atoms with E-state index in [2.05, 4.69) is 5.32 Å². The molecule has 4 heteroatoms. The summed E-state index contributed by atoms with van der Waals surface area (Å²) in [7, 11) is 0. The first-order valence-corrected chi connectivity index (χ1v) is 6.24. The second kappa shape index (κ2) is 6.52. The Hall–Kier alpha value is -1.39. The van der Waals surface area contributed by atoms with E-state index in [1.165, 1.54) is 0 Å². The number of benzene rings is 1. The summed E-state index contributed by atoms with van der Waals surface area (Å²) in [5, 5.41) is 12.1. The van der Waals surface area contributed by atoms with Gasteiger partial charge in [-0.2, -0.15) is 0 Å². The molecule has 0 saturated heterocycles. The second-order valence-corrected chi connectivity index (χ2v) is 4.81. The molecule has 100 valence electrons. The van der Waals surface area contributed by atoms with E-state index in [9.17, 15) is 9.90 Å². The van der Waals surface area contributed by atoms with Crippen LogP contribution in [0.3, 0.4) is 0 Å². The van der Waals surface area contributed by atoms with E-state index in [0.717, 1.165) is 5.56 Å². The third kappa shape index (κ3) is 4.13. The zero-order valence-corrected chi connectivity index (χ0v) is 11.0. The lowest BCUT2D eigenvalue weighted by Crippen LogP contribution is -2.54. The van der Waals surface area contributed by atoms with Crippen molar-refractivity contribution in [3.63, 3.8) is 0 Å². The van der Waals surface area contributed by atoms with Crippen molar-refractivity contribution in [3.05, 3.63) is 35.9 Å². The van der Waals surface area contributed by atoms with Gasteiger partial charge < -0.3 is 16.2 Å². The third-order valence-corrected chi connectivity index (χ3v) is 3.13. The summed E-state index contributed by atoms with van der Waals surface area (Å²) in [4.78, 5) is 11.9. The van der Waals surface area contributed by atoms with E-state index in [1.54, 1.807) is 6.92 Å². The Morgan fingerprint density at radius 3 is 2.56 bits per heavy atom. The topological polar surface area (TPSA) is 75.4 Å². The number of hydrogen-bond donors (Lipinski definition) is 3. The Morgan fingerprint density at radius 1 is 1.44 bits per heavy atom. The summed E-state index contributed by atoms with van der Waals surface area (Å²) >= 11 is 0.